The van der Waals surface area contributed by atoms with E-state index in [9.17, 15) is 9.18 Å². The lowest BCUT2D eigenvalue weighted by atomic mass is 9.81. The summed E-state index contributed by atoms with van der Waals surface area (Å²) in [6, 6.07) is 4.31. The van der Waals surface area contributed by atoms with Crippen LogP contribution in [0.5, 0.6) is 5.75 Å². The Morgan fingerprint density at radius 3 is 2.73 bits per heavy atom. The number of ether oxygens (including phenoxy) is 1. The first-order valence-corrected chi connectivity index (χ1v) is 12.1. The third kappa shape index (κ3) is 4.83. The lowest BCUT2D eigenvalue weighted by Gasteiger charge is -2.37. The Hall–Kier alpha value is -3.07. The lowest BCUT2D eigenvalue weighted by Crippen LogP contribution is -2.50. The second kappa shape index (κ2) is 9.43. The zero-order valence-electron chi connectivity index (χ0n) is 18.2. The summed E-state index contributed by atoms with van der Waals surface area (Å²) in [5.74, 6) is 0.974. The smallest absolute Gasteiger partial charge is 0.225 e. The highest BCUT2D eigenvalue weighted by Crippen LogP contribution is 2.36. The van der Waals surface area contributed by atoms with Crippen LogP contribution < -0.4 is 15.0 Å². The molecule has 1 aliphatic heterocycles. The number of amides is 1. The number of benzene rings is 1. The normalized spacial score (nSPS) is 20.9. The van der Waals surface area contributed by atoms with Gasteiger partial charge in [0.25, 0.3) is 0 Å². The number of aromatic nitrogens is 3. The number of allylic oxidation sites excluding steroid dienone is 1. The number of halogens is 1. The molecule has 1 saturated heterocycles. The van der Waals surface area contributed by atoms with Gasteiger partial charge in [0, 0.05) is 25.0 Å². The van der Waals surface area contributed by atoms with Gasteiger partial charge >= 0.3 is 0 Å². The molecule has 5 rings (SSSR count). The van der Waals surface area contributed by atoms with Gasteiger partial charge in [-0.15, -0.1) is 17.9 Å². The molecule has 1 saturated carbocycles. The van der Waals surface area contributed by atoms with Gasteiger partial charge in [-0.05, 0) is 49.8 Å². The predicted octanol–water partition coefficient (Wildman–Crippen LogP) is 3.90. The molecule has 0 unspecified atom stereocenters. The number of rotatable bonds is 7. The largest absolute Gasteiger partial charge is 0.488 e. The maximum absolute atomic E-state index is 13.0. The monoisotopic (exact) mass is 467 g/mol. The molecule has 0 bridgehead atoms. The number of hydrogen-bond acceptors (Lipinski definition) is 7. The van der Waals surface area contributed by atoms with Gasteiger partial charge in [-0.1, -0.05) is 6.08 Å². The Morgan fingerprint density at radius 2 is 2.00 bits per heavy atom. The summed E-state index contributed by atoms with van der Waals surface area (Å²) in [4.78, 5) is 27.3. The molecule has 33 heavy (non-hydrogen) atoms. The minimum atomic E-state index is -0.441. The van der Waals surface area contributed by atoms with Crippen LogP contribution in [0.25, 0.3) is 10.2 Å². The van der Waals surface area contributed by atoms with Crippen molar-refractivity contribution in [1.29, 1.82) is 0 Å². The molecule has 7 nitrogen and oxygen atoms in total. The van der Waals surface area contributed by atoms with Gasteiger partial charge in [-0.25, -0.2) is 19.3 Å². The molecule has 1 amide bonds. The van der Waals surface area contributed by atoms with Gasteiger partial charge in [-0.3, -0.25) is 4.79 Å². The van der Waals surface area contributed by atoms with Crippen LogP contribution >= 0.6 is 11.3 Å². The summed E-state index contributed by atoms with van der Waals surface area (Å²) in [7, 11) is 0. The van der Waals surface area contributed by atoms with Crippen molar-refractivity contribution in [1.82, 2.24) is 20.3 Å². The summed E-state index contributed by atoms with van der Waals surface area (Å²) >= 11 is 1.60. The number of piperidine rings is 1. The minimum Gasteiger partial charge on any atom is -0.488 e. The van der Waals surface area contributed by atoms with E-state index in [1.807, 2.05) is 22.6 Å². The van der Waals surface area contributed by atoms with Gasteiger partial charge in [0.1, 0.15) is 17.4 Å². The molecule has 0 atom stereocenters. The first kappa shape index (κ1) is 21.8. The first-order chi connectivity index (χ1) is 16.1. The number of anilines is 1. The van der Waals surface area contributed by atoms with Crippen LogP contribution in [0, 0.1) is 11.7 Å². The highest BCUT2D eigenvalue weighted by Gasteiger charge is 2.37. The average molecular weight is 468 g/mol. The predicted molar refractivity (Wildman–Crippen MR) is 126 cm³/mol. The van der Waals surface area contributed by atoms with E-state index in [-0.39, 0.29) is 24.0 Å². The zero-order valence-corrected chi connectivity index (χ0v) is 19.1. The molecule has 172 valence electrons. The van der Waals surface area contributed by atoms with Crippen LogP contribution in [0.15, 0.2) is 42.7 Å². The summed E-state index contributed by atoms with van der Waals surface area (Å²) in [5.41, 5.74) is 3.88. The molecule has 3 heterocycles. The molecular weight excluding hydrogens is 441 g/mol. The Kier molecular flexibility index (Phi) is 6.22. The van der Waals surface area contributed by atoms with E-state index in [0.29, 0.717) is 18.8 Å². The highest BCUT2D eigenvalue weighted by atomic mass is 32.1. The average Bonchev–Trinajstić information content (AvgIpc) is 3.26. The lowest BCUT2D eigenvalue weighted by molar-refractivity contribution is -0.131. The molecule has 9 heteroatoms. The van der Waals surface area contributed by atoms with Crippen molar-refractivity contribution in [2.45, 2.75) is 44.2 Å². The Bertz CT molecular complexity index is 1140. The fraction of sp³-hybridized carbons (Fsp3) is 0.417. The SMILES string of the molecule is C=CCc1cc(O[C@H]2C[C@H](C(=O)NC3CCN(c4ncc(F)cn4)CC3)C2)c2ncsc2c1. The van der Waals surface area contributed by atoms with Crippen LogP contribution in [0.1, 0.15) is 31.2 Å². The maximum Gasteiger partial charge on any atom is 0.225 e. The van der Waals surface area contributed by atoms with Crippen molar-refractivity contribution in [2.75, 3.05) is 18.0 Å². The van der Waals surface area contributed by atoms with E-state index < -0.39 is 5.82 Å². The van der Waals surface area contributed by atoms with Crippen molar-refractivity contribution < 1.29 is 13.9 Å². The number of thiazole rings is 1. The molecule has 2 fully saturated rings. The van der Waals surface area contributed by atoms with Gasteiger partial charge in [-0.2, -0.15) is 0 Å². The molecule has 2 aliphatic rings. The summed E-state index contributed by atoms with van der Waals surface area (Å²) < 4.78 is 20.4. The van der Waals surface area contributed by atoms with Gasteiger partial charge in [0.05, 0.1) is 22.6 Å². The molecule has 1 N–H and O–H groups in total. The first-order valence-electron chi connectivity index (χ1n) is 11.3. The van der Waals surface area contributed by atoms with E-state index in [1.165, 1.54) is 12.4 Å². The number of fused-ring (bicyclic) bond motifs is 1. The van der Waals surface area contributed by atoms with Crippen molar-refractivity contribution >= 4 is 33.4 Å². The number of hydrogen-bond donors (Lipinski definition) is 1. The van der Waals surface area contributed by atoms with E-state index in [1.54, 1.807) is 11.3 Å². The highest BCUT2D eigenvalue weighted by molar-refractivity contribution is 7.16. The van der Waals surface area contributed by atoms with E-state index in [2.05, 4.69) is 32.9 Å². The van der Waals surface area contributed by atoms with E-state index in [0.717, 1.165) is 53.9 Å². The summed E-state index contributed by atoms with van der Waals surface area (Å²) in [6.07, 6.45) is 8.12. The van der Waals surface area contributed by atoms with Crippen LogP contribution in [-0.2, 0) is 11.2 Å². The zero-order chi connectivity index (χ0) is 22.8. The standard InChI is InChI=1S/C24H26FN5O2S/c1-2-3-15-8-20(22-21(9-15)33-14-28-22)32-19-10-16(11-19)23(31)29-18-4-6-30(7-5-18)24-26-12-17(25)13-27-24/h2,8-9,12-14,16,18-19H,1,3-7,10-11H2,(H,29,31)/t16-,19-. The van der Waals surface area contributed by atoms with Crippen LogP contribution in [0.3, 0.4) is 0 Å². The number of nitrogens with zero attached hydrogens (tertiary/aromatic N) is 4. The van der Waals surface area contributed by atoms with Gasteiger partial charge in [0.2, 0.25) is 11.9 Å². The molecule has 0 spiro atoms. The Labute approximate surface area is 195 Å². The maximum atomic E-state index is 13.0. The van der Waals surface area contributed by atoms with Crippen LogP contribution in [0.2, 0.25) is 0 Å². The molecule has 2 aromatic heterocycles. The third-order valence-corrected chi connectivity index (χ3v) is 7.11. The number of nitrogens with one attached hydrogen (secondary N) is 1. The van der Waals surface area contributed by atoms with Crippen molar-refractivity contribution in [2.24, 2.45) is 5.92 Å². The Balaban J connectivity index is 1.10. The molecular formula is C24H26FN5O2S. The van der Waals surface area contributed by atoms with E-state index in [4.69, 9.17) is 4.74 Å². The third-order valence-electron chi connectivity index (χ3n) is 6.33. The van der Waals surface area contributed by atoms with Gasteiger partial charge < -0.3 is 15.0 Å². The summed E-state index contributed by atoms with van der Waals surface area (Å²) in [5, 5.41) is 3.19. The fourth-order valence-corrected chi connectivity index (χ4v) is 5.19. The topological polar surface area (TPSA) is 80.2 Å². The Morgan fingerprint density at radius 1 is 1.24 bits per heavy atom. The number of carbonyl (C=O) groups excluding carboxylic acids is 1. The second-order valence-electron chi connectivity index (χ2n) is 8.67. The molecule has 1 aliphatic carbocycles. The quantitative estimate of drug-likeness (QED) is 0.531. The minimum absolute atomic E-state index is 0.0178. The summed E-state index contributed by atoms with van der Waals surface area (Å²) in [6.45, 7) is 5.29. The second-order valence-corrected chi connectivity index (χ2v) is 9.55. The van der Waals surface area contributed by atoms with Crippen molar-refractivity contribution in [3.63, 3.8) is 0 Å². The molecule has 1 aromatic carbocycles. The molecule has 0 radical (unpaired) electrons. The van der Waals surface area contributed by atoms with Crippen molar-refractivity contribution in [3.8, 4) is 5.75 Å². The van der Waals surface area contributed by atoms with E-state index >= 15 is 0 Å². The number of carbonyl (C=O) groups is 1. The molecule has 3 aromatic rings. The van der Waals surface area contributed by atoms with Gasteiger partial charge in [0.15, 0.2) is 5.82 Å². The van der Waals surface area contributed by atoms with Crippen LogP contribution in [-0.4, -0.2) is 46.1 Å². The van der Waals surface area contributed by atoms with Crippen LogP contribution in [0.4, 0.5) is 10.3 Å². The van der Waals surface area contributed by atoms with Crippen molar-refractivity contribution in [3.05, 3.63) is 54.1 Å². The fourth-order valence-electron chi connectivity index (χ4n) is 4.43.